The first-order chi connectivity index (χ1) is 13.9. The van der Waals surface area contributed by atoms with Crippen LogP contribution in [0.25, 0.3) is 16.9 Å². The van der Waals surface area contributed by atoms with Crippen LogP contribution in [0.3, 0.4) is 0 Å². The first-order valence-corrected chi connectivity index (χ1v) is 9.83. The smallest absolute Gasteiger partial charge is 0.251 e. The number of aliphatic hydroxyl groups is 1. The van der Waals surface area contributed by atoms with Gasteiger partial charge >= 0.3 is 0 Å². The molecule has 3 aromatic rings. The molecule has 0 aliphatic carbocycles. The van der Waals surface area contributed by atoms with Crippen molar-refractivity contribution in [3.63, 3.8) is 0 Å². The van der Waals surface area contributed by atoms with Gasteiger partial charge in [0.1, 0.15) is 12.2 Å². The number of halogens is 1. The number of rotatable bonds is 7. The van der Waals surface area contributed by atoms with Crippen LogP contribution in [0.15, 0.2) is 42.9 Å². The van der Waals surface area contributed by atoms with Crippen LogP contribution in [0.1, 0.15) is 37.0 Å². The highest BCUT2D eigenvalue weighted by molar-refractivity contribution is 6.30. The second-order valence-corrected chi connectivity index (χ2v) is 7.81. The second kappa shape index (κ2) is 9.15. The van der Waals surface area contributed by atoms with Crippen LogP contribution in [-0.4, -0.2) is 43.4 Å². The number of pyridine rings is 1. The van der Waals surface area contributed by atoms with Crippen molar-refractivity contribution in [1.82, 2.24) is 25.1 Å². The Morgan fingerprint density at radius 2 is 2.00 bits per heavy atom. The van der Waals surface area contributed by atoms with Crippen LogP contribution in [0.2, 0.25) is 5.02 Å². The lowest BCUT2D eigenvalue weighted by molar-refractivity contribution is 0.0922. The highest BCUT2D eigenvalue weighted by Gasteiger charge is 2.16. The van der Waals surface area contributed by atoms with Crippen molar-refractivity contribution in [1.29, 1.82) is 0 Å². The van der Waals surface area contributed by atoms with E-state index in [0.717, 1.165) is 17.8 Å². The van der Waals surface area contributed by atoms with Gasteiger partial charge in [-0.05, 0) is 43.2 Å². The number of aliphatic hydroxyl groups excluding tert-OH is 1. The van der Waals surface area contributed by atoms with E-state index in [0.29, 0.717) is 27.9 Å². The summed E-state index contributed by atoms with van der Waals surface area (Å²) in [6, 6.07) is 8.64. The first kappa shape index (κ1) is 21.0. The minimum Gasteiger partial charge on any atom is -0.394 e. The Morgan fingerprint density at radius 3 is 2.66 bits per heavy atom. The van der Waals surface area contributed by atoms with E-state index in [1.165, 1.54) is 6.33 Å². The van der Waals surface area contributed by atoms with E-state index in [2.05, 4.69) is 34.2 Å². The van der Waals surface area contributed by atoms with Gasteiger partial charge in [0.25, 0.3) is 5.91 Å². The lowest BCUT2D eigenvalue weighted by Gasteiger charge is -2.14. The highest BCUT2D eigenvalue weighted by Crippen LogP contribution is 2.25. The van der Waals surface area contributed by atoms with Gasteiger partial charge in [0, 0.05) is 29.8 Å². The molecule has 0 spiro atoms. The van der Waals surface area contributed by atoms with Gasteiger partial charge in [-0.15, -0.1) is 0 Å². The van der Waals surface area contributed by atoms with Crippen molar-refractivity contribution in [2.24, 2.45) is 5.92 Å². The van der Waals surface area contributed by atoms with E-state index in [-0.39, 0.29) is 18.6 Å². The van der Waals surface area contributed by atoms with E-state index in [1.807, 2.05) is 6.07 Å². The molecule has 0 bridgehead atoms. The van der Waals surface area contributed by atoms with Crippen molar-refractivity contribution < 1.29 is 9.90 Å². The Balaban J connectivity index is 2.09. The van der Waals surface area contributed by atoms with E-state index >= 15 is 0 Å². The maximum atomic E-state index is 12.7. The highest BCUT2D eigenvalue weighted by atomic mass is 35.5. The van der Waals surface area contributed by atoms with E-state index in [4.69, 9.17) is 11.6 Å². The lowest BCUT2D eigenvalue weighted by Crippen LogP contribution is -2.35. The molecular weight excluding hydrogens is 390 g/mol. The standard InChI is InChI=1S/C21H24ClN5O2/c1-13(2)6-20-24-12-25-27(20)18-8-15(19-5-4-17(22)10-23-19)7-16(9-18)21(29)26-14(3)11-28/h4-5,7-10,12-14,28H,6,11H2,1-3H3,(H,26,29). The summed E-state index contributed by atoms with van der Waals surface area (Å²) in [6.07, 6.45) is 3.84. The van der Waals surface area contributed by atoms with E-state index in [9.17, 15) is 9.90 Å². The predicted molar refractivity (Wildman–Crippen MR) is 112 cm³/mol. The molecule has 1 aromatic carbocycles. The number of carbonyl (C=O) groups is 1. The lowest BCUT2D eigenvalue weighted by atomic mass is 10.0. The minimum absolute atomic E-state index is 0.140. The summed E-state index contributed by atoms with van der Waals surface area (Å²) in [4.78, 5) is 21.5. The summed E-state index contributed by atoms with van der Waals surface area (Å²) >= 11 is 5.96. The summed E-state index contributed by atoms with van der Waals surface area (Å²) in [6.45, 7) is 5.82. The maximum absolute atomic E-state index is 12.7. The summed E-state index contributed by atoms with van der Waals surface area (Å²) in [5.41, 5.74) is 2.60. The van der Waals surface area contributed by atoms with Crippen molar-refractivity contribution >= 4 is 17.5 Å². The van der Waals surface area contributed by atoms with E-state index < -0.39 is 0 Å². The van der Waals surface area contributed by atoms with Crippen LogP contribution >= 0.6 is 11.6 Å². The Kier molecular flexibility index (Phi) is 6.61. The van der Waals surface area contributed by atoms with E-state index in [1.54, 1.807) is 42.1 Å². The SMILES string of the molecule is CC(C)Cc1ncnn1-c1cc(C(=O)NC(C)CO)cc(-c2ccc(Cl)cn2)c1. The summed E-state index contributed by atoms with van der Waals surface area (Å²) in [5, 5.41) is 16.9. The molecule has 8 heteroatoms. The Hall–Kier alpha value is -2.77. The number of hydrogen-bond acceptors (Lipinski definition) is 5. The molecule has 0 aliphatic rings. The third-order valence-corrected chi connectivity index (χ3v) is 4.53. The summed E-state index contributed by atoms with van der Waals surface area (Å²) in [5.74, 6) is 0.942. The zero-order valence-corrected chi connectivity index (χ0v) is 17.4. The minimum atomic E-state index is -0.355. The fourth-order valence-corrected chi connectivity index (χ4v) is 3.01. The number of nitrogens with zero attached hydrogens (tertiary/aromatic N) is 4. The molecule has 0 fully saturated rings. The second-order valence-electron chi connectivity index (χ2n) is 7.37. The summed E-state index contributed by atoms with van der Waals surface area (Å²) < 4.78 is 1.74. The molecule has 3 rings (SSSR count). The van der Waals surface area contributed by atoms with Crippen molar-refractivity contribution in [2.75, 3.05) is 6.61 Å². The van der Waals surface area contributed by atoms with Gasteiger partial charge in [-0.2, -0.15) is 5.10 Å². The van der Waals surface area contributed by atoms with Gasteiger partial charge in [0.15, 0.2) is 0 Å². The number of amides is 1. The van der Waals surface area contributed by atoms with Crippen molar-refractivity contribution in [3.05, 3.63) is 59.3 Å². The first-order valence-electron chi connectivity index (χ1n) is 9.45. The molecule has 0 saturated heterocycles. The van der Waals surface area contributed by atoms with Crippen molar-refractivity contribution in [2.45, 2.75) is 33.2 Å². The predicted octanol–water partition coefficient (Wildman–Crippen LogP) is 3.29. The van der Waals surface area contributed by atoms with Gasteiger partial charge < -0.3 is 10.4 Å². The van der Waals surface area contributed by atoms with Crippen molar-refractivity contribution in [3.8, 4) is 16.9 Å². The van der Waals surface area contributed by atoms with Crippen LogP contribution in [0.4, 0.5) is 0 Å². The van der Waals surface area contributed by atoms with Crippen LogP contribution < -0.4 is 5.32 Å². The molecule has 29 heavy (non-hydrogen) atoms. The van der Waals surface area contributed by atoms with Crippen LogP contribution in [0.5, 0.6) is 0 Å². The molecule has 2 N–H and O–H groups in total. The fourth-order valence-electron chi connectivity index (χ4n) is 2.90. The average molecular weight is 414 g/mol. The third-order valence-electron chi connectivity index (χ3n) is 4.31. The van der Waals surface area contributed by atoms with Crippen LogP contribution in [-0.2, 0) is 6.42 Å². The average Bonchev–Trinajstić information content (AvgIpc) is 3.15. The normalized spacial score (nSPS) is 12.2. The van der Waals surface area contributed by atoms with Gasteiger partial charge in [0.2, 0.25) is 0 Å². The van der Waals surface area contributed by atoms with Gasteiger partial charge in [0.05, 0.1) is 23.0 Å². The molecule has 0 radical (unpaired) electrons. The molecule has 1 amide bonds. The largest absolute Gasteiger partial charge is 0.394 e. The molecule has 2 aromatic heterocycles. The Labute approximate surface area is 174 Å². The van der Waals surface area contributed by atoms with Crippen LogP contribution in [0, 0.1) is 5.92 Å². The molecule has 0 saturated carbocycles. The monoisotopic (exact) mass is 413 g/mol. The molecule has 7 nitrogen and oxygen atoms in total. The summed E-state index contributed by atoms with van der Waals surface area (Å²) in [7, 11) is 0. The molecule has 2 heterocycles. The molecule has 152 valence electrons. The van der Waals surface area contributed by atoms with Gasteiger partial charge in [-0.1, -0.05) is 25.4 Å². The quantitative estimate of drug-likeness (QED) is 0.620. The Morgan fingerprint density at radius 1 is 1.21 bits per heavy atom. The van der Waals surface area contributed by atoms with Gasteiger partial charge in [-0.25, -0.2) is 9.67 Å². The zero-order valence-electron chi connectivity index (χ0n) is 16.6. The number of carbonyl (C=O) groups excluding carboxylic acids is 1. The molecular formula is C21H24ClN5O2. The number of hydrogen-bond donors (Lipinski definition) is 2. The fraction of sp³-hybridized carbons (Fsp3) is 0.333. The third kappa shape index (κ3) is 5.19. The number of aromatic nitrogens is 4. The van der Waals surface area contributed by atoms with Gasteiger partial charge in [-0.3, -0.25) is 9.78 Å². The number of nitrogens with one attached hydrogen (secondary N) is 1. The Bertz CT molecular complexity index is 985. The molecule has 0 aliphatic heterocycles. The topological polar surface area (TPSA) is 92.9 Å². The molecule has 1 unspecified atom stereocenters. The number of benzene rings is 1. The zero-order chi connectivity index (χ0) is 21.0. The molecule has 1 atom stereocenters. The maximum Gasteiger partial charge on any atom is 0.251 e.